The molecule has 0 radical (unpaired) electrons. The molecule has 39 heavy (non-hydrogen) atoms. The number of nitrogens with zero attached hydrogens (tertiary/aromatic N) is 6. The van der Waals surface area contributed by atoms with Gasteiger partial charge in [0.05, 0.1) is 18.3 Å². The van der Waals surface area contributed by atoms with E-state index in [9.17, 15) is 8.78 Å². The molecule has 206 valence electrons. The second-order valence-corrected chi connectivity index (χ2v) is 11.2. The highest BCUT2D eigenvalue weighted by atomic mass is 35.5. The number of aromatic nitrogens is 4. The van der Waals surface area contributed by atoms with Crippen LogP contribution in [-0.2, 0) is 17.7 Å². The Bertz CT molecular complexity index is 1310. The topological polar surface area (TPSA) is 76.5 Å². The number of pyridine rings is 1. The van der Waals surface area contributed by atoms with Crippen LogP contribution in [0, 0.1) is 5.41 Å². The zero-order valence-corrected chi connectivity index (χ0v) is 22.7. The number of halogens is 4. The van der Waals surface area contributed by atoms with E-state index in [4.69, 9.17) is 32.7 Å². The number of alkyl halides is 2. The maximum atomic E-state index is 12.9. The maximum Gasteiger partial charge on any atom is 0.261 e. The Kier molecular flexibility index (Phi) is 7.54. The Morgan fingerprint density at radius 1 is 1.08 bits per heavy atom. The van der Waals surface area contributed by atoms with Crippen LogP contribution < -0.4 is 9.64 Å². The zero-order valence-electron chi connectivity index (χ0n) is 21.1. The summed E-state index contributed by atoms with van der Waals surface area (Å²) in [7, 11) is 0. The molecule has 1 saturated heterocycles. The third-order valence-electron chi connectivity index (χ3n) is 7.76. The molecule has 6 rings (SSSR count). The van der Waals surface area contributed by atoms with Gasteiger partial charge in [-0.15, -0.1) is 10.2 Å². The average Bonchev–Trinajstić information content (AvgIpc) is 2.88. The molecule has 12 heteroatoms. The molecule has 1 saturated carbocycles. The van der Waals surface area contributed by atoms with E-state index < -0.39 is 13.0 Å². The van der Waals surface area contributed by atoms with Gasteiger partial charge in [0.25, 0.3) is 6.43 Å². The lowest BCUT2D eigenvalue weighted by atomic mass is 9.61. The molecule has 0 bridgehead atoms. The SMILES string of the molecule is FC(F)COCC1c2c(OC3CC4(C3)CN(c3nc(Cl)nnc3Cl)C4)ccnc2CCN1Cc1ccccc1. The highest BCUT2D eigenvalue weighted by molar-refractivity contribution is 6.32. The molecule has 8 nitrogen and oxygen atoms in total. The Labute approximate surface area is 235 Å². The number of fused-ring (bicyclic) bond motifs is 1. The quantitative estimate of drug-likeness (QED) is 0.352. The van der Waals surface area contributed by atoms with E-state index in [1.807, 2.05) is 24.3 Å². The molecule has 1 aliphatic carbocycles. The van der Waals surface area contributed by atoms with Crippen molar-refractivity contribution in [3.05, 3.63) is 69.9 Å². The first-order valence-corrected chi connectivity index (χ1v) is 13.7. The minimum atomic E-state index is -2.52. The fourth-order valence-electron chi connectivity index (χ4n) is 6.03. The maximum absolute atomic E-state index is 12.9. The lowest BCUT2D eigenvalue weighted by Gasteiger charge is -2.58. The molecule has 1 aromatic carbocycles. The van der Waals surface area contributed by atoms with Crippen LogP contribution in [0.25, 0.3) is 0 Å². The van der Waals surface area contributed by atoms with E-state index in [0.717, 1.165) is 61.5 Å². The third kappa shape index (κ3) is 5.66. The predicted octanol–water partition coefficient (Wildman–Crippen LogP) is 5.00. The standard InChI is InChI=1S/C27H28Cl2F2N6O2/c28-24-25(33-26(29)35-34-24)37-15-27(16-37)10-18(11-27)39-21-6-8-32-19-7-9-36(12-17-4-2-1-3-5-17)20(23(19)21)13-38-14-22(30)31/h1-6,8,18,20,22H,7,9-16H2. The molecule has 2 aliphatic heterocycles. The lowest BCUT2D eigenvalue weighted by molar-refractivity contribution is -0.0378. The van der Waals surface area contributed by atoms with Gasteiger partial charge in [0, 0.05) is 49.8 Å². The smallest absolute Gasteiger partial charge is 0.261 e. The fourth-order valence-corrected chi connectivity index (χ4v) is 6.35. The first-order valence-electron chi connectivity index (χ1n) is 13.0. The van der Waals surface area contributed by atoms with E-state index in [1.165, 1.54) is 0 Å². The van der Waals surface area contributed by atoms with E-state index in [-0.39, 0.29) is 34.6 Å². The van der Waals surface area contributed by atoms with Gasteiger partial charge in [-0.3, -0.25) is 9.88 Å². The van der Waals surface area contributed by atoms with Gasteiger partial charge >= 0.3 is 0 Å². The molecule has 1 unspecified atom stereocenters. The summed E-state index contributed by atoms with van der Waals surface area (Å²) in [6, 6.07) is 11.8. The molecule has 3 aliphatic rings. The molecular weight excluding hydrogens is 549 g/mol. The van der Waals surface area contributed by atoms with Crippen molar-refractivity contribution in [2.45, 2.75) is 44.4 Å². The summed E-state index contributed by atoms with van der Waals surface area (Å²) in [6.45, 7) is 2.58. The Morgan fingerprint density at radius 3 is 2.64 bits per heavy atom. The van der Waals surface area contributed by atoms with Crippen LogP contribution in [0.5, 0.6) is 5.75 Å². The van der Waals surface area contributed by atoms with E-state index in [1.54, 1.807) is 6.20 Å². The Morgan fingerprint density at radius 2 is 1.87 bits per heavy atom. The minimum absolute atomic E-state index is 0.0494. The van der Waals surface area contributed by atoms with Crippen molar-refractivity contribution in [3.63, 3.8) is 0 Å². The molecule has 1 spiro atoms. The molecule has 4 heterocycles. The Hall–Kier alpha value is -2.66. The van der Waals surface area contributed by atoms with Gasteiger partial charge in [-0.05, 0) is 36.1 Å². The van der Waals surface area contributed by atoms with E-state index in [2.05, 4.69) is 42.1 Å². The van der Waals surface area contributed by atoms with Crippen LogP contribution in [-0.4, -0.2) is 70.4 Å². The van der Waals surface area contributed by atoms with Gasteiger partial charge in [-0.25, -0.2) is 8.78 Å². The van der Waals surface area contributed by atoms with Crippen molar-refractivity contribution in [1.29, 1.82) is 0 Å². The van der Waals surface area contributed by atoms with Crippen LogP contribution in [0.4, 0.5) is 14.6 Å². The van der Waals surface area contributed by atoms with Crippen molar-refractivity contribution in [2.75, 3.05) is 37.7 Å². The monoisotopic (exact) mass is 576 g/mol. The Balaban J connectivity index is 1.15. The van der Waals surface area contributed by atoms with Crippen LogP contribution in [0.3, 0.4) is 0 Å². The second kappa shape index (κ2) is 11.1. The predicted molar refractivity (Wildman–Crippen MR) is 142 cm³/mol. The van der Waals surface area contributed by atoms with Gasteiger partial charge in [0.15, 0.2) is 11.0 Å². The molecule has 3 aromatic rings. The van der Waals surface area contributed by atoms with Gasteiger partial charge in [0.2, 0.25) is 5.28 Å². The van der Waals surface area contributed by atoms with Gasteiger partial charge in [-0.1, -0.05) is 41.9 Å². The summed E-state index contributed by atoms with van der Waals surface area (Å²) in [5.41, 5.74) is 3.17. The number of benzene rings is 1. The number of ether oxygens (including phenoxy) is 2. The third-order valence-corrected chi connectivity index (χ3v) is 8.17. The van der Waals surface area contributed by atoms with Crippen LogP contribution in [0.15, 0.2) is 42.6 Å². The molecule has 2 fully saturated rings. The fraction of sp³-hybridized carbons (Fsp3) is 0.481. The summed E-state index contributed by atoms with van der Waals surface area (Å²) in [6.07, 6.45) is 1.84. The van der Waals surface area contributed by atoms with Gasteiger partial charge in [-0.2, -0.15) is 4.98 Å². The zero-order chi connectivity index (χ0) is 27.0. The van der Waals surface area contributed by atoms with Crippen molar-refractivity contribution >= 4 is 29.0 Å². The second-order valence-electron chi connectivity index (χ2n) is 10.5. The average molecular weight is 577 g/mol. The molecule has 1 atom stereocenters. The first kappa shape index (κ1) is 26.6. The van der Waals surface area contributed by atoms with Crippen molar-refractivity contribution in [2.24, 2.45) is 5.41 Å². The molecule has 2 aromatic heterocycles. The number of hydrogen-bond acceptors (Lipinski definition) is 8. The highest BCUT2D eigenvalue weighted by Gasteiger charge is 2.54. The molecular formula is C27H28Cl2F2N6O2. The molecule has 0 amide bonds. The van der Waals surface area contributed by atoms with E-state index in [0.29, 0.717) is 12.4 Å². The summed E-state index contributed by atoms with van der Waals surface area (Å²) in [4.78, 5) is 13.2. The largest absolute Gasteiger partial charge is 0.490 e. The van der Waals surface area contributed by atoms with Crippen LogP contribution >= 0.6 is 23.2 Å². The van der Waals surface area contributed by atoms with Crippen LogP contribution in [0.2, 0.25) is 10.4 Å². The minimum Gasteiger partial charge on any atom is -0.490 e. The molecule has 0 N–H and O–H groups in total. The first-order chi connectivity index (χ1) is 18.9. The van der Waals surface area contributed by atoms with E-state index >= 15 is 0 Å². The number of hydrogen-bond donors (Lipinski definition) is 0. The van der Waals surface area contributed by atoms with Crippen LogP contribution in [0.1, 0.15) is 35.7 Å². The van der Waals surface area contributed by atoms with Gasteiger partial charge in [0.1, 0.15) is 18.5 Å². The van der Waals surface area contributed by atoms with Crippen molar-refractivity contribution in [1.82, 2.24) is 25.1 Å². The summed E-state index contributed by atoms with van der Waals surface area (Å²) in [5, 5.41) is 7.84. The number of rotatable bonds is 9. The van der Waals surface area contributed by atoms with Crippen molar-refractivity contribution < 1.29 is 18.3 Å². The summed E-state index contributed by atoms with van der Waals surface area (Å²) in [5.74, 6) is 1.31. The van der Waals surface area contributed by atoms with Gasteiger partial charge < -0.3 is 14.4 Å². The number of anilines is 1. The van der Waals surface area contributed by atoms with Crippen molar-refractivity contribution in [3.8, 4) is 5.75 Å². The highest BCUT2D eigenvalue weighted by Crippen LogP contribution is 2.52. The summed E-state index contributed by atoms with van der Waals surface area (Å²) >= 11 is 12.1. The normalized spacial score (nSPS) is 20.5. The summed E-state index contributed by atoms with van der Waals surface area (Å²) < 4.78 is 37.9. The lowest BCUT2D eigenvalue weighted by Crippen LogP contribution is -2.65.